The van der Waals surface area contributed by atoms with Crippen molar-refractivity contribution in [1.29, 1.82) is 0 Å². The van der Waals surface area contributed by atoms with E-state index in [1.165, 1.54) is 4.68 Å². The number of hydrogen-bond acceptors (Lipinski definition) is 4. The van der Waals surface area contributed by atoms with Gasteiger partial charge >= 0.3 is 0 Å². The number of para-hydroxylation sites is 1. The van der Waals surface area contributed by atoms with E-state index in [0.717, 1.165) is 5.56 Å². The standard InChI is InChI=1S/C28H24Cl2N4O3/c1-18-14-25(34(33-18)21-10-6-3-7-11-21)27(36)32-24(16-19-8-4-2-5-9-19)26(35)28(37)31-17-20-12-13-22(29)23(30)15-20/h2-15,24H,16-17H2,1H3,(H,31,37)(H,32,36)/t24-/m0/s1. The first kappa shape index (κ1) is 26.1. The Balaban J connectivity index is 1.54. The second kappa shape index (κ2) is 11.9. The fourth-order valence-corrected chi connectivity index (χ4v) is 4.12. The van der Waals surface area contributed by atoms with Crippen molar-refractivity contribution in [3.63, 3.8) is 0 Å². The fourth-order valence-electron chi connectivity index (χ4n) is 3.80. The number of hydrogen-bond donors (Lipinski definition) is 2. The molecule has 0 aliphatic heterocycles. The van der Waals surface area contributed by atoms with Crippen LogP contribution in [0.1, 0.15) is 27.3 Å². The predicted octanol–water partition coefficient (Wildman–Crippen LogP) is 4.71. The third kappa shape index (κ3) is 6.64. The maximum absolute atomic E-state index is 13.3. The van der Waals surface area contributed by atoms with Gasteiger partial charge in [-0.05, 0) is 48.4 Å². The SMILES string of the molecule is Cc1cc(C(=O)N[C@@H](Cc2ccccc2)C(=O)C(=O)NCc2ccc(Cl)c(Cl)c2)n(-c2ccccc2)n1. The average molecular weight is 535 g/mol. The Bertz CT molecular complexity index is 1420. The summed E-state index contributed by atoms with van der Waals surface area (Å²) in [5.41, 5.74) is 3.07. The molecule has 9 heteroatoms. The summed E-state index contributed by atoms with van der Waals surface area (Å²) in [5, 5.41) is 10.5. The molecular formula is C28H24Cl2N4O3. The van der Waals surface area contributed by atoms with Crippen molar-refractivity contribution >= 4 is 40.8 Å². The third-order valence-corrected chi connectivity index (χ3v) is 6.37. The molecule has 0 fully saturated rings. The first-order chi connectivity index (χ1) is 17.8. The lowest BCUT2D eigenvalue weighted by Crippen LogP contribution is -2.48. The molecule has 4 rings (SSSR count). The van der Waals surface area contributed by atoms with Crippen LogP contribution in [0.5, 0.6) is 0 Å². The van der Waals surface area contributed by atoms with E-state index in [1.54, 1.807) is 31.2 Å². The molecular weight excluding hydrogens is 511 g/mol. The van der Waals surface area contributed by atoms with E-state index >= 15 is 0 Å². The predicted molar refractivity (Wildman–Crippen MR) is 143 cm³/mol. The third-order valence-electron chi connectivity index (χ3n) is 5.63. The Labute approximate surface area is 224 Å². The second-order valence-electron chi connectivity index (χ2n) is 8.43. The maximum atomic E-state index is 13.3. The maximum Gasteiger partial charge on any atom is 0.289 e. The van der Waals surface area contributed by atoms with Gasteiger partial charge in [-0.2, -0.15) is 5.10 Å². The minimum Gasteiger partial charge on any atom is -0.345 e. The summed E-state index contributed by atoms with van der Waals surface area (Å²) in [7, 11) is 0. The van der Waals surface area contributed by atoms with Crippen molar-refractivity contribution in [1.82, 2.24) is 20.4 Å². The summed E-state index contributed by atoms with van der Waals surface area (Å²) in [4.78, 5) is 39.4. The number of carbonyl (C=O) groups excluding carboxylic acids is 3. The van der Waals surface area contributed by atoms with E-state index in [2.05, 4.69) is 15.7 Å². The highest BCUT2D eigenvalue weighted by Crippen LogP contribution is 2.22. The minimum absolute atomic E-state index is 0.0768. The molecule has 0 aliphatic rings. The van der Waals surface area contributed by atoms with Crippen LogP contribution in [0.3, 0.4) is 0 Å². The summed E-state index contributed by atoms with van der Waals surface area (Å²) in [6, 6.07) is 23.9. The van der Waals surface area contributed by atoms with Crippen LogP contribution in [0.25, 0.3) is 5.69 Å². The van der Waals surface area contributed by atoms with Gasteiger partial charge in [-0.15, -0.1) is 0 Å². The van der Waals surface area contributed by atoms with Crippen LogP contribution in [-0.4, -0.2) is 33.4 Å². The number of ketones is 1. The Morgan fingerprint density at radius 3 is 2.22 bits per heavy atom. The summed E-state index contributed by atoms with van der Waals surface area (Å²) < 4.78 is 1.51. The van der Waals surface area contributed by atoms with E-state index in [-0.39, 0.29) is 18.7 Å². The zero-order valence-corrected chi connectivity index (χ0v) is 21.5. The molecule has 7 nitrogen and oxygen atoms in total. The molecule has 1 heterocycles. The first-order valence-electron chi connectivity index (χ1n) is 11.5. The van der Waals surface area contributed by atoms with Gasteiger partial charge in [-0.1, -0.05) is 77.8 Å². The molecule has 0 radical (unpaired) electrons. The zero-order chi connectivity index (χ0) is 26.4. The van der Waals surface area contributed by atoms with Crippen LogP contribution in [-0.2, 0) is 22.6 Å². The lowest BCUT2D eigenvalue weighted by atomic mass is 10.0. The molecule has 0 saturated heterocycles. The number of rotatable bonds is 9. The number of nitrogens with one attached hydrogen (secondary N) is 2. The van der Waals surface area contributed by atoms with Crippen molar-refractivity contribution in [3.05, 3.63) is 117 Å². The first-order valence-corrected chi connectivity index (χ1v) is 12.3. The van der Waals surface area contributed by atoms with E-state index in [4.69, 9.17) is 23.2 Å². The van der Waals surface area contributed by atoms with Gasteiger partial charge < -0.3 is 10.6 Å². The molecule has 0 saturated carbocycles. The molecule has 188 valence electrons. The number of halogens is 2. The van der Waals surface area contributed by atoms with Crippen LogP contribution in [0.2, 0.25) is 10.0 Å². The monoisotopic (exact) mass is 534 g/mol. The van der Waals surface area contributed by atoms with Crippen LogP contribution in [0.15, 0.2) is 84.9 Å². The summed E-state index contributed by atoms with van der Waals surface area (Å²) >= 11 is 12.0. The van der Waals surface area contributed by atoms with Crippen molar-refractivity contribution in [2.45, 2.75) is 25.9 Å². The molecule has 0 aliphatic carbocycles. The molecule has 0 unspecified atom stereocenters. The van der Waals surface area contributed by atoms with E-state index in [1.807, 2.05) is 60.7 Å². The van der Waals surface area contributed by atoms with Gasteiger partial charge in [0.25, 0.3) is 11.8 Å². The van der Waals surface area contributed by atoms with Gasteiger partial charge in [0.2, 0.25) is 5.78 Å². The topological polar surface area (TPSA) is 93.1 Å². The molecule has 0 spiro atoms. The molecule has 2 N–H and O–H groups in total. The number of carbonyl (C=O) groups is 3. The highest BCUT2D eigenvalue weighted by molar-refractivity contribution is 6.42. The van der Waals surface area contributed by atoms with E-state index in [0.29, 0.717) is 27.0 Å². The van der Waals surface area contributed by atoms with Crippen LogP contribution in [0, 0.1) is 6.92 Å². The van der Waals surface area contributed by atoms with Gasteiger partial charge in [-0.3, -0.25) is 14.4 Å². The minimum atomic E-state index is -1.09. The van der Waals surface area contributed by atoms with Crippen molar-refractivity contribution in [3.8, 4) is 5.69 Å². The number of Topliss-reactive ketones (excluding diaryl/α,β-unsaturated/α-hetero) is 1. The van der Waals surface area contributed by atoms with Crippen LogP contribution in [0.4, 0.5) is 0 Å². The number of aryl methyl sites for hydroxylation is 1. The van der Waals surface area contributed by atoms with Gasteiger partial charge in [0, 0.05) is 13.0 Å². The molecule has 1 aromatic heterocycles. The smallest absolute Gasteiger partial charge is 0.289 e. The van der Waals surface area contributed by atoms with Gasteiger partial charge in [0.1, 0.15) is 11.7 Å². The summed E-state index contributed by atoms with van der Waals surface area (Å²) in [5.74, 6) is -2.10. The quantitative estimate of drug-likeness (QED) is 0.304. The largest absolute Gasteiger partial charge is 0.345 e. The van der Waals surface area contributed by atoms with Crippen molar-refractivity contribution in [2.75, 3.05) is 0 Å². The molecule has 37 heavy (non-hydrogen) atoms. The summed E-state index contributed by atoms with van der Waals surface area (Å²) in [6.07, 6.45) is 0.143. The van der Waals surface area contributed by atoms with Crippen LogP contribution >= 0.6 is 23.2 Å². The molecule has 1 atom stereocenters. The Morgan fingerprint density at radius 2 is 1.54 bits per heavy atom. The van der Waals surface area contributed by atoms with Gasteiger partial charge in [0.15, 0.2) is 0 Å². The highest BCUT2D eigenvalue weighted by atomic mass is 35.5. The zero-order valence-electron chi connectivity index (χ0n) is 19.9. The van der Waals surface area contributed by atoms with Crippen molar-refractivity contribution in [2.24, 2.45) is 0 Å². The number of benzene rings is 3. The van der Waals surface area contributed by atoms with E-state index < -0.39 is 23.6 Å². The lowest BCUT2D eigenvalue weighted by molar-refractivity contribution is -0.139. The number of aromatic nitrogens is 2. The van der Waals surface area contributed by atoms with E-state index in [9.17, 15) is 14.4 Å². The van der Waals surface area contributed by atoms with Gasteiger partial charge in [0.05, 0.1) is 21.4 Å². The Kier molecular flexibility index (Phi) is 8.38. The normalized spacial score (nSPS) is 11.5. The van der Waals surface area contributed by atoms with Crippen LogP contribution < -0.4 is 10.6 Å². The highest BCUT2D eigenvalue weighted by Gasteiger charge is 2.29. The fraction of sp³-hybridized carbons (Fsp3) is 0.143. The molecule has 0 bridgehead atoms. The second-order valence-corrected chi connectivity index (χ2v) is 9.24. The van der Waals surface area contributed by atoms with Crippen molar-refractivity contribution < 1.29 is 14.4 Å². The molecule has 4 aromatic rings. The average Bonchev–Trinajstić information content (AvgIpc) is 3.31. The molecule has 2 amide bonds. The summed E-state index contributed by atoms with van der Waals surface area (Å²) in [6.45, 7) is 1.85. The Hall–Kier alpha value is -3.94. The number of nitrogens with zero attached hydrogens (tertiary/aromatic N) is 2. The number of amides is 2. The van der Waals surface area contributed by atoms with Gasteiger partial charge in [-0.25, -0.2) is 4.68 Å². The Morgan fingerprint density at radius 1 is 0.865 bits per heavy atom. The lowest BCUT2D eigenvalue weighted by Gasteiger charge is -2.18. The molecule has 3 aromatic carbocycles.